The van der Waals surface area contributed by atoms with Crippen molar-refractivity contribution >= 4 is 5.91 Å². The molecule has 2 aromatic rings. The highest BCUT2D eigenvalue weighted by atomic mass is 16.5. The summed E-state index contributed by atoms with van der Waals surface area (Å²) in [5.74, 6) is 0.585. The van der Waals surface area contributed by atoms with Gasteiger partial charge >= 0.3 is 5.69 Å². The fourth-order valence-electron chi connectivity index (χ4n) is 2.75. The Morgan fingerprint density at radius 1 is 1.17 bits per heavy atom. The van der Waals surface area contributed by atoms with E-state index >= 15 is 0 Å². The molecule has 0 aliphatic carbocycles. The predicted molar refractivity (Wildman–Crippen MR) is 86.6 cm³/mol. The van der Waals surface area contributed by atoms with Crippen molar-refractivity contribution in [2.45, 2.75) is 19.3 Å². The molecular weight excluding hydrogens is 294 g/mol. The van der Waals surface area contributed by atoms with Crippen molar-refractivity contribution in [1.29, 1.82) is 0 Å². The number of hydrogen-bond acceptors (Lipinski definition) is 4. The molecule has 1 amide bonds. The molecule has 1 aromatic carbocycles. The van der Waals surface area contributed by atoms with Crippen LogP contribution in [0.3, 0.4) is 0 Å². The third kappa shape index (κ3) is 3.41. The maximum absolute atomic E-state index is 12.5. The van der Waals surface area contributed by atoms with Gasteiger partial charge in [0.25, 0.3) is 5.91 Å². The summed E-state index contributed by atoms with van der Waals surface area (Å²) in [5.41, 5.74) is 1.03. The van der Waals surface area contributed by atoms with Crippen LogP contribution in [0.1, 0.15) is 29.8 Å². The van der Waals surface area contributed by atoms with Crippen LogP contribution in [0.4, 0.5) is 0 Å². The number of carbonyl (C=O) groups excluding carboxylic acids is 1. The topological polar surface area (TPSA) is 75.3 Å². The van der Waals surface area contributed by atoms with Crippen LogP contribution in [0.2, 0.25) is 0 Å². The minimum Gasteiger partial charge on any atom is -0.497 e. The zero-order chi connectivity index (χ0) is 16.2. The van der Waals surface area contributed by atoms with E-state index in [9.17, 15) is 9.59 Å². The molecule has 2 heterocycles. The Morgan fingerprint density at radius 2 is 1.87 bits per heavy atom. The molecule has 120 valence electrons. The number of aromatic amines is 1. The van der Waals surface area contributed by atoms with Crippen molar-refractivity contribution in [2.24, 2.45) is 0 Å². The van der Waals surface area contributed by atoms with Crippen LogP contribution in [0.15, 0.2) is 35.1 Å². The van der Waals surface area contributed by atoms with Crippen LogP contribution >= 0.6 is 0 Å². The van der Waals surface area contributed by atoms with Gasteiger partial charge < -0.3 is 14.6 Å². The first-order valence-electron chi connectivity index (χ1n) is 7.72. The summed E-state index contributed by atoms with van der Waals surface area (Å²) in [4.78, 5) is 32.7. The van der Waals surface area contributed by atoms with Crippen molar-refractivity contribution in [2.75, 3.05) is 20.2 Å². The smallest absolute Gasteiger partial charge is 0.346 e. The summed E-state index contributed by atoms with van der Waals surface area (Å²) >= 11 is 0. The van der Waals surface area contributed by atoms with Gasteiger partial charge in [0.05, 0.1) is 12.8 Å². The zero-order valence-electron chi connectivity index (χ0n) is 13.0. The number of benzene rings is 1. The molecule has 1 aromatic heterocycles. The van der Waals surface area contributed by atoms with E-state index in [4.69, 9.17) is 4.74 Å². The minimum atomic E-state index is -0.515. The normalized spacial score (nSPS) is 14.6. The average Bonchev–Trinajstić information content (AvgIpc) is 2.61. The first-order valence-corrected chi connectivity index (χ1v) is 7.72. The van der Waals surface area contributed by atoms with E-state index in [0.29, 0.717) is 5.69 Å². The standard InChI is InChI=1S/C17H19N3O3/c1-23-13-7-5-12(6-8-13)14-11-15(19-17(22)18-14)16(21)20-9-3-2-4-10-20/h5-8,11H,2-4,9-10H2,1H3,(H,18,19,22). The van der Waals surface area contributed by atoms with E-state index in [0.717, 1.165) is 43.7 Å². The van der Waals surface area contributed by atoms with Gasteiger partial charge in [-0.25, -0.2) is 4.79 Å². The fourth-order valence-corrected chi connectivity index (χ4v) is 2.75. The quantitative estimate of drug-likeness (QED) is 0.941. The van der Waals surface area contributed by atoms with Crippen LogP contribution in [0.5, 0.6) is 5.75 Å². The van der Waals surface area contributed by atoms with E-state index in [1.165, 1.54) is 0 Å². The number of rotatable bonds is 3. The SMILES string of the molecule is COc1ccc(-c2cc(C(=O)N3CCCCC3)[nH]c(=O)n2)cc1. The predicted octanol–water partition coefficient (Wildman–Crippen LogP) is 2.07. The Balaban J connectivity index is 1.91. The van der Waals surface area contributed by atoms with Crippen molar-refractivity contribution < 1.29 is 9.53 Å². The van der Waals surface area contributed by atoms with Crippen molar-refractivity contribution in [3.63, 3.8) is 0 Å². The van der Waals surface area contributed by atoms with Gasteiger partial charge in [0, 0.05) is 18.7 Å². The van der Waals surface area contributed by atoms with Crippen LogP contribution in [0.25, 0.3) is 11.3 Å². The lowest BCUT2D eigenvalue weighted by Crippen LogP contribution is -2.37. The van der Waals surface area contributed by atoms with Gasteiger partial charge in [0.2, 0.25) is 0 Å². The second kappa shape index (κ2) is 6.64. The van der Waals surface area contributed by atoms with E-state index < -0.39 is 5.69 Å². The number of piperidine rings is 1. The van der Waals surface area contributed by atoms with Crippen LogP contribution in [-0.4, -0.2) is 41.0 Å². The lowest BCUT2D eigenvalue weighted by molar-refractivity contribution is 0.0718. The number of aromatic nitrogens is 2. The first kappa shape index (κ1) is 15.3. The van der Waals surface area contributed by atoms with E-state index in [1.54, 1.807) is 30.2 Å². The monoisotopic (exact) mass is 313 g/mol. The molecule has 0 spiro atoms. The molecule has 1 aliphatic heterocycles. The summed E-state index contributed by atoms with van der Waals surface area (Å²) < 4.78 is 5.12. The van der Waals surface area contributed by atoms with Crippen molar-refractivity contribution in [3.8, 4) is 17.0 Å². The van der Waals surface area contributed by atoms with Crippen LogP contribution in [-0.2, 0) is 0 Å². The Kier molecular flexibility index (Phi) is 4.41. The number of ether oxygens (including phenoxy) is 1. The summed E-state index contributed by atoms with van der Waals surface area (Å²) in [6, 6.07) is 8.86. The number of carbonyl (C=O) groups is 1. The molecule has 0 atom stereocenters. The van der Waals surface area contributed by atoms with E-state index in [2.05, 4.69) is 9.97 Å². The fraction of sp³-hybridized carbons (Fsp3) is 0.353. The molecular formula is C17H19N3O3. The van der Waals surface area contributed by atoms with Gasteiger partial charge in [0.1, 0.15) is 11.4 Å². The number of amides is 1. The molecule has 1 saturated heterocycles. The van der Waals surface area contributed by atoms with Gasteiger partial charge in [-0.3, -0.25) is 4.79 Å². The zero-order valence-corrected chi connectivity index (χ0v) is 13.0. The number of nitrogens with zero attached hydrogens (tertiary/aromatic N) is 2. The second-order valence-electron chi connectivity index (χ2n) is 5.57. The summed E-state index contributed by atoms with van der Waals surface area (Å²) in [6.45, 7) is 1.47. The number of hydrogen-bond donors (Lipinski definition) is 1. The van der Waals surface area contributed by atoms with Gasteiger partial charge in [-0.2, -0.15) is 4.98 Å². The molecule has 0 saturated carbocycles. The Hall–Kier alpha value is -2.63. The second-order valence-corrected chi connectivity index (χ2v) is 5.57. The van der Waals surface area contributed by atoms with E-state index in [1.807, 2.05) is 12.1 Å². The average molecular weight is 313 g/mol. The number of H-pyrrole nitrogens is 1. The van der Waals surface area contributed by atoms with Crippen molar-refractivity contribution in [3.05, 3.63) is 46.5 Å². The van der Waals surface area contributed by atoms with Crippen molar-refractivity contribution in [1.82, 2.24) is 14.9 Å². The highest BCUT2D eigenvalue weighted by Gasteiger charge is 2.20. The Labute approximate surface area is 134 Å². The minimum absolute atomic E-state index is 0.140. The van der Waals surface area contributed by atoms with Gasteiger partial charge in [-0.05, 0) is 49.6 Å². The third-order valence-electron chi connectivity index (χ3n) is 4.00. The number of nitrogens with one attached hydrogen (secondary N) is 1. The lowest BCUT2D eigenvalue weighted by atomic mass is 10.1. The molecule has 6 nitrogen and oxygen atoms in total. The van der Waals surface area contributed by atoms with Crippen LogP contribution in [0, 0.1) is 0 Å². The highest BCUT2D eigenvalue weighted by Crippen LogP contribution is 2.21. The molecule has 0 bridgehead atoms. The highest BCUT2D eigenvalue weighted by molar-refractivity contribution is 5.93. The lowest BCUT2D eigenvalue weighted by Gasteiger charge is -2.26. The Bertz CT molecular complexity index is 746. The molecule has 6 heteroatoms. The number of likely N-dealkylation sites (tertiary alicyclic amines) is 1. The van der Waals surface area contributed by atoms with E-state index in [-0.39, 0.29) is 11.6 Å². The molecule has 3 rings (SSSR count). The Morgan fingerprint density at radius 3 is 2.52 bits per heavy atom. The summed E-state index contributed by atoms with van der Waals surface area (Å²) in [6.07, 6.45) is 3.16. The maximum atomic E-state index is 12.5. The maximum Gasteiger partial charge on any atom is 0.346 e. The first-order chi connectivity index (χ1) is 11.2. The van der Waals surface area contributed by atoms with Gasteiger partial charge in [-0.1, -0.05) is 0 Å². The molecule has 1 fully saturated rings. The molecule has 1 aliphatic rings. The molecule has 0 radical (unpaired) electrons. The summed E-state index contributed by atoms with van der Waals surface area (Å²) in [5, 5.41) is 0. The third-order valence-corrected chi connectivity index (χ3v) is 4.00. The number of methoxy groups -OCH3 is 1. The summed E-state index contributed by atoms with van der Waals surface area (Å²) in [7, 11) is 1.59. The molecule has 23 heavy (non-hydrogen) atoms. The van der Waals surface area contributed by atoms with Crippen LogP contribution < -0.4 is 10.4 Å². The molecule has 0 unspecified atom stereocenters. The van der Waals surface area contributed by atoms with Gasteiger partial charge in [-0.15, -0.1) is 0 Å². The molecule has 1 N–H and O–H groups in total. The largest absolute Gasteiger partial charge is 0.497 e. The van der Waals surface area contributed by atoms with Gasteiger partial charge in [0.15, 0.2) is 0 Å².